The quantitative estimate of drug-likeness (QED) is 0.766. The highest BCUT2D eigenvalue weighted by atomic mass is 16.6. The maximum Gasteiger partial charge on any atom is 0.269 e. The molecule has 136 valence electrons. The molecule has 0 bridgehead atoms. The molecular weight excluding hydrogens is 346 g/mol. The predicted octanol–water partition coefficient (Wildman–Crippen LogP) is 2.45. The van der Waals surface area contributed by atoms with Gasteiger partial charge in [0, 0.05) is 11.3 Å². The number of nitrogens with zero attached hydrogens (tertiary/aromatic N) is 4. The Hall–Kier alpha value is -3.42. The van der Waals surface area contributed by atoms with E-state index in [1.165, 1.54) is 0 Å². The summed E-state index contributed by atoms with van der Waals surface area (Å²) >= 11 is 0. The Morgan fingerprint density at radius 1 is 1.11 bits per heavy atom. The molecular formula is C19H17N5O3. The fraction of sp³-hybridized carbons (Fsp3) is 0.263. The average molecular weight is 363 g/mol. The lowest BCUT2D eigenvalue weighted by molar-refractivity contribution is -0.125. The Labute approximate surface area is 155 Å². The van der Waals surface area contributed by atoms with Crippen LogP contribution < -0.4 is 14.8 Å². The summed E-state index contributed by atoms with van der Waals surface area (Å²) in [4.78, 5) is 12.6. The molecule has 3 aromatic rings. The summed E-state index contributed by atoms with van der Waals surface area (Å²) in [7, 11) is 0. The van der Waals surface area contributed by atoms with E-state index in [1.54, 1.807) is 6.07 Å². The monoisotopic (exact) mass is 363 g/mol. The molecule has 1 aliphatic heterocycles. The molecule has 0 radical (unpaired) electrons. The van der Waals surface area contributed by atoms with Gasteiger partial charge in [0.15, 0.2) is 17.3 Å². The van der Waals surface area contributed by atoms with Crippen LogP contribution in [0.25, 0.3) is 11.4 Å². The Morgan fingerprint density at radius 2 is 1.96 bits per heavy atom. The van der Waals surface area contributed by atoms with E-state index in [4.69, 9.17) is 9.47 Å². The van der Waals surface area contributed by atoms with Gasteiger partial charge in [0.25, 0.3) is 5.91 Å². The number of ether oxygens (including phenoxy) is 2. The van der Waals surface area contributed by atoms with Crippen molar-refractivity contribution in [3.8, 4) is 22.9 Å². The Balaban J connectivity index is 1.33. The summed E-state index contributed by atoms with van der Waals surface area (Å²) in [6.45, 7) is 0.169. The second kappa shape index (κ2) is 6.39. The number of fused-ring (bicyclic) bond motifs is 1. The highest BCUT2D eigenvalue weighted by Gasteiger charge is 2.29. The van der Waals surface area contributed by atoms with E-state index >= 15 is 0 Å². The molecule has 0 spiro atoms. The molecule has 1 amide bonds. The second-order valence-electron chi connectivity index (χ2n) is 6.61. The van der Waals surface area contributed by atoms with Gasteiger partial charge in [-0.1, -0.05) is 24.3 Å². The van der Waals surface area contributed by atoms with Crippen molar-refractivity contribution < 1.29 is 14.3 Å². The van der Waals surface area contributed by atoms with Crippen LogP contribution in [0.1, 0.15) is 18.9 Å². The summed E-state index contributed by atoms with van der Waals surface area (Å²) < 4.78 is 13.2. The van der Waals surface area contributed by atoms with E-state index in [0.717, 1.165) is 18.4 Å². The van der Waals surface area contributed by atoms with Crippen LogP contribution in [0.15, 0.2) is 48.5 Å². The minimum Gasteiger partial charge on any atom is -0.485 e. The summed E-state index contributed by atoms with van der Waals surface area (Å²) in [6, 6.07) is 15.2. The van der Waals surface area contributed by atoms with Gasteiger partial charge in [-0.3, -0.25) is 4.79 Å². The Kier molecular flexibility index (Phi) is 3.74. The van der Waals surface area contributed by atoms with Crippen molar-refractivity contribution in [2.75, 3.05) is 11.9 Å². The van der Waals surface area contributed by atoms with Crippen molar-refractivity contribution in [3.63, 3.8) is 0 Å². The molecule has 8 nitrogen and oxygen atoms in total. The first-order valence-electron chi connectivity index (χ1n) is 8.85. The number of tetrazole rings is 1. The number of hydrogen-bond donors (Lipinski definition) is 1. The zero-order valence-electron chi connectivity index (χ0n) is 14.4. The standard InChI is InChI=1S/C19H17N5O3/c25-19(17-11-26-15-6-1-2-7-16(15)27-17)20-13-5-3-4-12(10-13)18-21-22-23-24(18)14-8-9-14/h1-7,10,14,17H,8-9,11H2,(H,20,25)/t17-/m0/s1. The van der Waals surface area contributed by atoms with Gasteiger partial charge in [0.1, 0.15) is 6.61 Å². The summed E-state index contributed by atoms with van der Waals surface area (Å²) in [5.74, 6) is 1.67. The number of carbonyl (C=O) groups is 1. The Morgan fingerprint density at radius 3 is 2.81 bits per heavy atom. The number of carbonyl (C=O) groups excluding carboxylic acids is 1. The van der Waals surface area contributed by atoms with Gasteiger partial charge < -0.3 is 14.8 Å². The van der Waals surface area contributed by atoms with Crippen molar-refractivity contribution >= 4 is 11.6 Å². The van der Waals surface area contributed by atoms with Crippen LogP contribution in [-0.4, -0.2) is 38.8 Å². The van der Waals surface area contributed by atoms with Gasteiger partial charge in [0.2, 0.25) is 6.10 Å². The van der Waals surface area contributed by atoms with Crippen molar-refractivity contribution in [3.05, 3.63) is 48.5 Å². The number of aromatic nitrogens is 4. The van der Waals surface area contributed by atoms with Gasteiger partial charge in [0.05, 0.1) is 6.04 Å². The lowest BCUT2D eigenvalue weighted by atomic mass is 10.2. The van der Waals surface area contributed by atoms with Crippen LogP contribution in [0.5, 0.6) is 11.5 Å². The number of benzene rings is 2. The molecule has 1 saturated carbocycles. The van der Waals surface area contributed by atoms with Crippen LogP contribution in [0.3, 0.4) is 0 Å². The first kappa shape index (κ1) is 15.8. The summed E-state index contributed by atoms with van der Waals surface area (Å²) in [5.41, 5.74) is 1.51. The van der Waals surface area contributed by atoms with E-state index in [1.807, 2.05) is 47.1 Å². The lowest BCUT2D eigenvalue weighted by Gasteiger charge is -2.25. The third-order valence-electron chi connectivity index (χ3n) is 4.57. The molecule has 2 aromatic carbocycles. The highest BCUT2D eigenvalue weighted by molar-refractivity contribution is 5.95. The maximum atomic E-state index is 12.6. The number of amides is 1. The van der Waals surface area contributed by atoms with Gasteiger partial charge in [-0.15, -0.1) is 5.10 Å². The maximum absolute atomic E-state index is 12.6. The van der Waals surface area contributed by atoms with Gasteiger partial charge in [-0.05, 0) is 47.5 Å². The molecule has 8 heteroatoms. The van der Waals surface area contributed by atoms with Gasteiger partial charge in [-0.2, -0.15) is 0 Å². The number of anilines is 1. The molecule has 0 saturated heterocycles. The molecule has 1 aliphatic carbocycles. The van der Waals surface area contributed by atoms with Crippen molar-refractivity contribution in [1.29, 1.82) is 0 Å². The minimum absolute atomic E-state index is 0.169. The predicted molar refractivity (Wildman–Crippen MR) is 96.5 cm³/mol. The van der Waals surface area contributed by atoms with Crippen molar-refractivity contribution in [2.24, 2.45) is 0 Å². The number of rotatable bonds is 4. The second-order valence-corrected chi connectivity index (χ2v) is 6.61. The van der Waals surface area contributed by atoms with Crippen molar-refractivity contribution in [1.82, 2.24) is 20.2 Å². The van der Waals surface area contributed by atoms with E-state index in [9.17, 15) is 4.79 Å². The van der Waals surface area contributed by atoms with Crippen LogP contribution in [0.2, 0.25) is 0 Å². The van der Waals surface area contributed by atoms with Crippen LogP contribution in [0.4, 0.5) is 5.69 Å². The van der Waals surface area contributed by atoms with Gasteiger partial charge in [-0.25, -0.2) is 4.68 Å². The lowest BCUT2D eigenvalue weighted by Crippen LogP contribution is -2.40. The van der Waals surface area contributed by atoms with E-state index in [-0.39, 0.29) is 12.5 Å². The van der Waals surface area contributed by atoms with Crippen molar-refractivity contribution in [2.45, 2.75) is 25.0 Å². The molecule has 5 rings (SSSR count). The fourth-order valence-corrected chi connectivity index (χ4v) is 3.06. The van der Waals surface area contributed by atoms with Crippen LogP contribution in [-0.2, 0) is 4.79 Å². The van der Waals surface area contributed by atoms with Crippen LogP contribution >= 0.6 is 0 Å². The number of para-hydroxylation sites is 2. The topological polar surface area (TPSA) is 91.2 Å². The summed E-state index contributed by atoms with van der Waals surface area (Å²) in [6.07, 6.45) is 1.48. The number of hydrogen-bond acceptors (Lipinski definition) is 6. The molecule has 0 unspecified atom stereocenters. The highest BCUT2D eigenvalue weighted by Crippen LogP contribution is 2.37. The molecule has 27 heavy (non-hydrogen) atoms. The SMILES string of the molecule is O=C(Nc1cccc(-c2nnnn2C2CC2)c1)[C@@H]1COc2ccccc2O1. The molecule has 2 aliphatic rings. The largest absolute Gasteiger partial charge is 0.485 e. The smallest absolute Gasteiger partial charge is 0.269 e. The van der Waals surface area contributed by atoms with E-state index in [0.29, 0.717) is 29.1 Å². The normalized spacial score (nSPS) is 18.1. The summed E-state index contributed by atoms with van der Waals surface area (Å²) in [5, 5.41) is 14.9. The zero-order chi connectivity index (χ0) is 18.2. The third-order valence-corrected chi connectivity index (χ3v) is 4.57. The zero-order valence-corrected chi connectivity index (χ0v) is 14.4. The molecule has 1 atom stereocenters. The molecule has 1 aromatic heterocycles. The molecule has 1 fully saturated rings. The molecule has 2 heterocycles. The van der Waals surface area contributed by atoms with Crippen LogP contribution in [0, 0.1) is 0 Å². The Bertz CT molecular complexity index is 998. The molecule has 1 N–H and O–H groups in total. The third kappa shape index (κ3) is 3.10. The van der Waals surface area contributed by atoms with Gasteiger partial charge >= 0.3 is 0 Å². The minimum atomic E-state index is -0.708. The van der Waals surface area contributed by atoms with E-state index < -0.39 is 6.10 Å². The average Bonchev–Trinajstić information content (AvgIpc) is 3.44. The first-order chi connectivity index (χ1) is 13.3. The van der Waals surface area contributed by atoms with E-state index in [2.05, 4.69) is 20.8 Å². The number of nitrogens with one attached hydrogen (secondary N) is 1. The fourth-order valence-electron chi connectivity index (χ4n) is 3.06. The first-order valence-corrected chi connectivity index (χ1v) is 8.85.